The Bertz CT molecular complexity index is 987. The summed E-state index contributed by atoms with van der Waals surface area (Å²) < 4.78 is 47.8. The highest BCUT2D eigenvalue weighted by Gasteiger charge is 2.42. The summed E-state index contributed by atoms with van der Waals surface area (Å²) in [6.45, 7) is 7.37. The van der Waals surface area contributed by atoms with Crippen molar-refractivity contribution in [2.24, 2.45) is 0 Å². The first-order valence-electron chi connectivity index (χ1n) is 10.4. The van der Waals surface area contributed by atoms with Gasteiger partial charge in [-0.2, -0.15) is 18.3 Å². The third-order valence-corrected chi connectivity index (χ3v) is 5.11. The molecule has 0 saturated carbocycles. The fourth-order valence-corrected chi connectivity index (χ4v) is 3.63. The van der Waals surface area contributed by atoms with Crippen LogP contribution in [0.4, 0.5) is 18.0 Å². The predicted octanol–water partition coefficient (Wildman–Crippen LogP) is 4.33. The number of carbonyl (C=O) groups excluding carboxylic acids is 2. The maximum atomic E-state index is 13.9. The Morgan fingerprint density at radius 3 is 2.31 bits per heavy atom. The Kier molecular flexibility index (Phi) is 6.52. The summed E-state index contributed by atoms with van der Waals surface area (Å²) in [5, 5.41) is 6.64. The average molecular weight is 452 g/mol. The molecule has 0 unspecified atom stereocenters. The summed E-state index contributed by atoms with van der Waals surface area (Å²) in [5.74, 6) is -0.729. The van der Waals surface area contributed by atoms with Crippen molar-refractivity contribution in [2.45, 2.75) is 58.4 Å². The highest BCUT2D eigenvalue weighted by atomic mass is 19.4. The largest absolute Gasteiger partial charge is 0.444 e. The number of alkyl carbamates (subject to hydrolysis) is 1. The number of piperidine rings is 1. The molecular formula is C22H27F3N4O3. The quantitative estimate of drug-likeness (QED) is 0.752. The van der Waals surface area contributed by atoms with Crippen molar-refractivity contribution >= 4 is 12.0 Å². The van der Waals surface area contributed by atoms with Crippen molar-refractivity contribution in [3.63, 3.8) is 0 Å². The minimum Gasteiger partial charge on any atom is -0.444 e. The Labute approximate surface area is 184 Å². The number of nitrogens with zero attached hydrogens (tertiary/aromatic N) is 3. The summed E-state index contributed by atoms with van der Waals surface area (Å²) >= 11 is 0. The Balaban J connectivity index is 1.75. The summed E-state index contributed by atoms with van der Waals surface area (Å²) in [7, 11) is 0. The number of hydrogen-bond donors (Lipinski definition) is 1. The first-order chi connectivity index (χ1) is 14.9. The number of carbonyl (C=O) groups is 2. The molecule has 174 valence electrons. The first kappa shape index (κ1) is 23.6. The van der Waals surface area contributed by atoms with Crippen LogP contribution in [0.3, 0.4) is 0 Å². The van der Waals surface area contributed by atoms with Gasteiger partial charge in [0, 0.05) is 19.1 Å². The number of aromatic nitrogens is 2. The SMILES string of the molecule is Cc1ccccc1-n1ncc(C(=O)N2CCC(NC(=O)OC(C)(C)C)CC2)c1C(F)(F)F. The summed E-state index contributed by atoms with van der Waals surface area (Å²) in [6.07, 6.45) is -3.51. The molecule has 2 heterocycles. The number of likely N-dealkylation sites (tertiary alicyclic amines) is 1. The highest BCUT2D eigenvalue weighted by Crippen LogP contribution is 2.35. The van der Waals surface area contributed by atoms with E-state index in [1.54, 1.807) is 45.9 Å². The molecular weight excluding hydrogens is 425 g/mol. The molecule has 2 amide bonds. The maximum Gasteiger partial charge on any atom is 0.434 e. The molecule has 0 spiro atoms. The van der Waals surface area contributed by atoms with Crippen LogP contribution in [0, 0.1) is 6.92 Å². The highest BCUT2D eigenvalue weighted by molar-refractivity contribution is 5.95. The maximum absolute atomic E-state index is 13.9. The third kappa shape index (κ3) is 5.41. The fourth-order valence-electron chi connectivity index (χ4n) is 3.63. The first-order valence-corrected chi connectivity index (χ1v) is 10.4. The van der Waals surface area contributed by atoms with Gasteiger partial charge in [-0.15, -0.1) is 0 Å². The number of nitrogens with one attached hydrogen (secondary N) is 1. The average Bonchev–Trinajstić information content (AvgIpc) is 3.12. The Hall–Kier alpha value is -3.04. The number of hydrogen-bond acceptors (Lipinski definition) is 4. The second-order valence-corrected chi connectivity index (χ2v) is 8.82. The van der Waals surface area contributed by atoms with E-state index in [-0.39, 0.29) is 24.8 Å². The van der Waals surface area contributed by atoms with Gasteiger partial charge in [0.05, 0.1) is 17.4 Å². The van der Waals surface area contributed by atoms with Gasteiger partial charge in [-0.3, -0.25) is 4.79 Å². The normalized spacial score (nSPS) is 15.5. The van der Waals surface area contributed by atoms with Crippen LogP contribution < -0.4 is 5.32 Å². The van der Waals surface area contributed by atoms with Gasteiger partial charge < -0.3 is 15.0 Å². The molecule has 1 aromatic carbocycles. The summed E-state index contributed by atoms with van der Waals surface area (Å²) in [5.41, 5.74) is -1.34. The molecule has 7 nitrogen and oxygen atoms in total. The van der Waals surface area contributed by atoms with Crippen LogP contribution in [0.1, 0.15) is 55.2 Å². The van der Waals surface area contributed by atoms with Crippen LogP contribution in [-0.4, -0.2) is 51.4 Å². The minimum atomic E-state index is -4.76. The van der Waals surface area contributed by atoms with E-state index in [1.807, 2.05) is 0 Å². The van der Waals surface area contributed by atoms with Crippen LogP contribution in [0.25, 0.3) is 5.69 Å². The van der Waals surface area contributed by atoms with E-state index < -0.39 is 35.0 Å². The van der Waals surface area contributed by atoms with Crippen molar-refractivity contribution in [2.75, 3.05) is 13.1 Å². The van der Waals surface area contributed by atoms with Gasteiger partial charge in [-0.25, -0.2) is 9.48 Å². The van der Waals surface area contributed by atoms with Gasteiger partial charge in [0.15, 0.2) is 5.69 Å². The van der Waals surface area contributed by atoms with Crippen molar-refractivity contribution in [3.8, 4) is 5.69 Å². The molecule has 1 saturated heterocycles. The van der Waals surface area contributed by atoms with E-state index in [9.17, 15) is 22.8 Å². The zero-order chi connectivity index (χ0) is 23.7. The Morgan fingerprint density at radius 2 is 1.75 bits per heavy atom. The summed E-state index contributed by atoms with van der Waals surface area (Å²) in [6, 6.07) is 6.33. The Morgan fingerprint density at radius 1 is 1.12 bits per heavy atom. The smallest absolute Gasteiger partial charge is 0.434 e. The molecule has 32 heavy (non-hydrogen) atoms. The summed E-state index contributed by atoms with van der Waals surface area (Å²) in [4.78, 5) is 26.3. The van der Waals surface area contributed by atoms with Crippen LogP contribution >= 0.6 is 0 Å². The van der Waals surface area contributed by atoms with Gasteiger partial charge in [-0.05, 0) is 52.2 Å². The number of aryl methyl sites for hydroxylation is 1. The fraction of sp³-hybridized carbons (Fsp3) is 0.500. The second kappa shape index (κ2) is 8.84. The number of halogens is 3. The zero-order valence-corrected chi connectivity index (χ0v) is 18.5. The van der Waals surface area contributed by atoms with Crippen LogP contribution in [0.2, 0.25) is 0 Å². The van der Waals surface area contributed by atoms with Crippen molar-refractivity contribution in [1.29, 1.82) is 0 Å². The predicted molar refractivity (Wildman–Crippen MR) is 112 cm³/mol. The minimum absolute atomic E-state index is 0.214. The van der Waals surface area contributed by atoms with E-state index in [4.69, 9.17) is 4.74 Å². The van der Waals surface area contributed by atoms with Crippen molar-refractivity contribution in [1.82, 2.24) is 20.0 Å². The zero-order valence-electron chi connectivity index (χ0n) is 18.5. The number of benzene rings is 1. The van der Waals surface area contributed by atoms with Gasteiger partial charge in [0.25, 0.3) is 5.91 Å². The van der Waals surface area contributed by atoms with Crippen LogP contribution in [-0.2, 0) is 10.9 Å². The number of rotatable bonds is 3. The molecule has 0 radical (unpaired) electrons. The molecule has 0 bridgehead atoms. The number of amides is 2. The molecule has 1 fully saturated rings. The molecule has 1 aromatic heterocycles. The topological polar surface area (TPSA) is 76.5 Å². The molecule has 2 aromatic rings. The molecule has 3 rings (SSSR count). The molecule has 0 atom stereocenters. The third-order valence-electron chi connectivity index (χ3n) is 5.11. The number of para-hydroxylation sites is 1. The lowest BCUT2D eigenvalue weighted by molar-refractivity contribution is -0.143. The lowest BCUT2D eigenvalue weighted by atomic mass is 10.0. The van der Waals surface area contributed by atoms with E-state index in [0.717, 1.165) is 10.9 Å². The van der Waals surface area contributed by atoms with E-state index in [0.29, 0.717) is 18.4 Å². The van der Waals surface area contributed by atoms with Gasteiger partial charge in [0.2, 0.25) is 0 Å². The lowest BCUT2D eigenvalue weighted by Gasteiger charge is -2.33. The molecule has 0 aliphatic carbocycles. The van der Waals surface area contributed by atoms with Gasteiger partial charge >= 0.3 is 12.3 Å². The second-order valence-electron chi connectivity index (χ2n) is 8.82. The molecule has 1 aliphatic rings. The lowest BCUT2D eigenvalue weighted by Crippen LogP contribution is -2.47. The van der Waals surface area contributed by atoms with Crippen LogP contribution in [0.5, 0.6) is 0 Å². The number of alkyl halides is 3. The van der Waals surface area contributed by atoms with E-state index >= 15 is 0 Å². The monoisotopic (exact) mass is 452 g/mol. The van der Waals surface area contributed by atoms with E-state index in [1.165, 1.54) is 11.0 Å². The molecule has 1 aliphatic heterocycles. The standard InChI is InChI=1S/C22H27F3N4O3/c1-14-7-5-6-8-17(14)29-18(22(23,24)25)16(13-26-29)19(30)28-11-9-15(10-12-28)27-20(31)32-21(2,3)4/h5-8,13,15H,9-12H2,1-4H3,(H,27,31). The van der Waals surface area contributed by atoms with Gasteiger partial charge in [0.1, 0.15) is 5.60 Å². The molecule has 10 heteroatoms. The molecule has 1 N–H and O–H groups in total. The van der Waals surface area contributed by atoms with E-state index in [2.05, 4.69) is 10.4 Å². The van der Waals surface area contributed by atoms with Crippen LogP contribution in [0.15, 0.2) is 30.5 Å². The number of ether oxygens (including phenoxy) is 1. The van der Waals surface area contributed by atoms with Gasteiger partial charge in [-0.1, -0.05) is 18.2 Å². The van der Waals surface area contributed by atoms with Crippen molar-refractivity contribution < 1.29 is 27.5 Å². The van der Waals surface area contributed by atoms with Crippen molar-refractivity contribution in [3.05, 3.63) is 47.3 Å².